The topological polar surface area (TPSA) is 93.4 Å². The number of amidine groups is 1. The minimum Gasteiger partial charge on any atom is -0.508 e. The van der Waals surface area contributed by atoms with E-state index in [-0.39, 0.29) is 22.9 Å². The first-order chi connectivity index (χ1) is 13.8. The molecule has 8 heteroatoms. The normalized spacial score (nSPS) is 16.7. The Bertz CT molecular complexity index is 1010. The molecule has 1 fully saturated rings. The first kappa shape index (κ1) is 20.5. The third-order valence-corrected chi connectivity index (χ3v) is 5.34. The van der Waals surface area contributed by atoms with Gasteiger partial charge >= 0.3 is 5.97 Å². The quantitative estimate of drug-likeness (QED) is 0.728. The molecule has 7 nitrogen and oxygen atoms in total. The minimum atomic E-state index is -1.20. The monoisotopic (exact) mass is 411 g/mol. The Kier molecular flexibility index (Phi) is 5.93. The average Bonchev–Trinajstić information content (AvgIpc) is 2.97. The van der Waals surface area contributed by atoms with Gasteiger partial charge in [-0.3, -0.25) is 9.69 Å². The van der Waals surface area contributed by atoms with Crippen LogP contribution in [0.25, 0.3) is 6.08 Å². The number of likely N-dealkylation sites (N-methyl/N-ethyl adjacent to an activating group) is 1. The van der Waals surface area contributed by atoms with Crippen LogP contribution in [0.5, 0.6) is 5.75 Å². The molecule has 3 rings (SSSR count). The van der Waals surface area contributed by atoms with Crippen LogP contribution in [0.15, 0.2) is 52.4 Å². The Balaban J connectivity index is 1.95. The smallest absolute Gasteiger partial charge is 0.338 e. The van der Waals surface area contributed by atoms with E-state index in [2.05, 4.69) is 4.99 Å². The van der Waals surface area contributed by atoms with Gasteiger partial charge in [0.2, 0.25) is 0 Å². The number of hydrogen-bond donors (Lipinski definition) is 2. The molecule has 1 saturated heterocycles. The third-order valence-electron chi connectivity index (χ3n) is 4.34. The van der Waals surface area contributed by atoms with E-state index < -0.39 is 5.97 Å². The van der Waals surface area contributed by atoms with Crippen LogP contribution in [0.3, 0.4) is 0 Å². The maximum Gasteiger partial charge on any atom is 0.338 e. The number of aliphatic imine (C=N–C) groups is 1. The number of carbonyl (C=O) groups is 2. The SMILES string of the molecule is CCN1C(=O)/C(=C/c2ccc(N(C)C)cc2)SC1=Nc1ccc(O)cc1C(=O)O. The van der Waals surface area contributed by atoms with Gasteiger partial charge in [-0.1, -0.05) is 12.1 Å². The van der Waals surface area contributed by atoms with Crippen molar-refractivity contribution in [1.29, 1.82) is 0 Å². The lowest BCUT2D eigenvalue weighted by Crippen LogP contribution is -2.28. The summed E-state index contributed by atoms with van der Waals surface area (Å²) < 4.78 is 0. The molecule has 0 saturated carbocycles. The van der Waals surface area contributed by atoms with Crippen LogP contribution in [0, 0.1) is 0 Å². The van der Waals surface area contributed by atoms with Gasteiger partial charge in [-0.2, -0.15) is 0 Å². The fraction of sp³-hybridized carbons (Fsp3) is 0.190. The predicted octanol–water partition coefficient (Wildman–Crippen LogP) is 3.78. The van der Waals surface area contributed by atoms with Crippen LogP contribution in [0.4, 0.5) is 11.4 Å². The molecule has 2 aromatic rings. The second kappa shape index (κ2) is 8.40. The van der Waals surface area contributed by atoms with Crippen LogP contribution >= 0.6 is 11.8 Å². The number of rotatable bonds is 5. The number of hydrogen-bond acceptors (Lipinski definition) is 6. The van der Waals surface area contributed by atoms with Crippen molar-refractivity contribution < 1.29 is 19.8 Å². The van der Waals surface area contributed by atoms with E-state index in [1.807, 2.05) is 50.2 Å². The molecule has 0 aliphatic carbocycles. The van der Waals surface area contributed by atoms with Gasteiger partial charge in [0, 0.05) is 26.3 Å². The second-order valence-corrected chi connectivity index (χ2v) is 7.56. The van der Waals surface area contributed by atoms with E-state index in [0.29, 0.717) is 16.6 Å². The fourth-order valence-electron chi connectivity index (χ4n) is 2.79. The molecule has 2 aromatic carbocycles. The number of carbonyl (C=O) groups excluding carboxylic acids is 1. The van der Waals surface area contributed by atoms with Gasteiger partial charge in [0.15, 0.2) is 5.17 Å². The zero-order valence-corrected chi connectivity index (χ0v) is 17.1. The molecule has 1 aliphatic rings. The lowest BCUT2D eigenvalue weighted by atomic mass is 10.1. The van der Waals surface area contributed by atoms with Crippen LogP contribution in [-0.4, -0.2) is 52.8 Å². The van der Waals surface area contributed by atoms with Crippen molar-refractivity contribution in [1.82, 2.24) is 4.90 Å². The summed E-state index contributed by atoms with van der Waals surface area (Å²) >= 11 is 1.20. The molecule has 150 valence electrons. The van der Waals surface area contributed by atoms with Crippen molar-refractivity contribution in [3.8, 4) is 5.75 Å². The van der Waals surface area contributed by atoms with Gasteiger partial charge in [0.05, 0.1) is 16.2 Å². The number of phenolic OH excluding ortho intramolecular Hbond substituents is 1. The zero-order valence-electron chi connectivity index (χ0n) is 16.3. The Hall–Kier alpha value is -3.26. The molecule has 0 aromatic heterocycles. The Morgan fingerprint density at radius 3 is 2.48 bits per heavy atom. The van der Waals surface area contributed by atoms with Crippen molar-refractivity contribution in [2.45, 2.75) is 6.92 Å². The fourth-order valence-corrected chi connectivity index (χ4v) is 3.84. The highest BCUT2D eigenvalue weighted by Gasteiger charge is 2.32. The van der Waals surface area contributed by atoms with E-state index in [9.17, 15) is 19.8 Å². The summed E-state index contributed by atoms with van der Waals surface area (Å²) in [7, 11) is 3.92. The Morgan fingerprint density at radius 1 is 1.21 bits per heavy atom. The summed E-state index contributed by atoms with van der Waals surface area (Å²) in [6, 6.07) is 11.7. The molecule has 0 spiro atoms. The highest BCUT2D eigenvalue weighted by atomic mass is 32.2. The van der Waals surface area contributed by atoms with Crippen molar-refractivity contribution >= 4 is 46.3 Å². The largest absolute Gasteiger partial charge is 0.508 e. The van der Waals surface area contributed by atoms with Crippen molar-refractivity contribution in [3.05, 3.63) is 58.5 Å². The summed E-state index contributed by atoms with van der Waals surface area (Å²) in [6.07, 6.45) is 1.80. The maximum atomic E-state index is 12.8. The van der Waals surface area contributed by atoms with Crippen molar-refractivity contribution in [2.24, 2.45) is 4.99 Å². The van der Waals surface area contributed by atoms with Crippen molar-refractivity contribution in [3.63, 3.8) is 0 Å². The van der Waals surface area contributed by atoms with Gasteiger partial charge in [0.1, 0.15) is 5.75 Å². The first-order valence-electron chi connectivity index (χ1n) is 8.94. The second-order valence-electron chi connectivity index (χ2n) is 6.55. The molecular weight excluding hydrogens is 390 g/mol. The molecule has 0 bridgehead atoms. The highest BCUT2D eigenvalue weighted by Crippen LogP contribution is 2.35. The third kappa shape index (κ3) is 4.43. The number of anilines is 1. The molecule has 1 heterocycles. The standard InChI is InChI=1S/C21H21N3O4S/c1-4-24-19(26)18(11-13-5-7-14(8-6-13)23(2)3)29-21(24)22-17-10-9-15(25)12-16(17)20(27)28/h5-12,25H,4H2,1-3H3,(H,27,28)/b18-11-,22-21?. The lowest BCUT2D eigenvalue weighted by Gasteiger charge is -2.12. The van der Waals surface area contributed by atoms with Gasteiger partial charge in [-0.15, -0.1) is 0 Å². The van der Waals surface area contributed by atoms with Crippen LogP contribution in [0.1, 0.15) is 22.8 Å². The Labute approximate surface area is 173 Å². The summed E-state index contributed by atoms with van der Waals surface area (Å²) in [5.74, 6) is -1.53. The van der Waals surface area contributed by atoms with Gasteiger partial charge in [-0.25, -0.2) is 9.79 Å². The number of nitrogens with zero attached hydrogens (tertiary/aromatic N) is 3. The summed E-state index contributed by atoms with van der Waals surface area (Å²) in [5, 5.41) is 19.3. The first-order valence-corrected chi connectivity index (χ1v) is 9.75. The molecular formula is C21H21N3O4S. The number of thioether (sulfide) groups is 1. The van der Waals surface area contributed by atoms with Gasteiger partial charge in [-0.05, 0) is 60.7 Å². The highest BCUT2D eigenvalue weighted by molar-refractivity contribution is 8.18. The molecule has 2 N–H and O–H groups in total. The molecule has 0 atom stereocenters. The van der Waals surface area contributed by atoms with E-state index in [0.717, 1.165) is 17.3 Å². The van der Waals surface area contributed by atoms with Gasteiger partial charge in [0.25, 0.3) is 5.91 Å². The molecule has 0 unspecified atom stereocenters. The lowest BCUT2D eigenvalue weighted by molar-refractivity contribution is -0.122. The number of phenols is 1. The predicted molar refractivity (Wildman–Crippen MR) is 116 cm³/mol. The number of amides is 1. The zero-order chi connectivity index (χ0) is 21.1. The van der Waals surface area contributed by atoms with Gasteiger partial charge < -0.3 is 15.1 Å². The van der Waals surface area contributed by atoms with E-state index >= 15 is 0 Å². The molecule has 1 aliphatic heterocycles. The van der Waals surface area contributed by atoms with E-state index in [1.165, 1.54) is 28.8 Å². The average molecular weight is 411 g/mol. The van der Waals surface area contributed by atoms with Crippen LogP contribution in [-0.2, 0) is 4.79 Å². The van der Waals surface area contributed by atoms with Crippen LogP contribution < -0.4 is 4.90 Å². The number of aromatic carboxylic acids is 1. The van der Waals surface area contributed by atoms with Crippen molar-refractivity contribution in [2.75, 3.05) is 25.5 Å². The summed E-state index contributed by atoms with van der Waals surface area (Å²) in [5.41, 5.74) is 2.00. The summed E-state index contributed by atoms with van der Waals surface area (Å²) in [6.45, 7) is 2.24. The Morgan fingerprint density at radius 2 is 1.90 bits per heavy atom. The molecule has 1 amide bonds. The molecule has 29 heavy (non-hydrogen) atoms. The number of aromatic hydroxyl groups is 1. The summed E-state index contributed by atoms with van der Waals surface area (Å²) in [4.78, 5) is 32.6. The van der Waals surface area contributed by atoms with Crippen LogP contribution in [0.2, 0.25) is 0 Å². The number of benzene rings is 2. The molecule has 0 radical (unpaired) electrons. The maximum absolute atomic E-state index is 12.8. The van der Waals surface area contributed by atoms with E-state index in [4.69, 9.17) is 0 Å². The van der Waals surface area contributed by atoms with E-state index in [1.54, 1.807) is 6.08 Å². The minimum absolute atomic E-state index is 0.127. The number of carboxylic acids is 1. The number of carboxylic acid groups (broad SMARTS) is 1.